The second-order valence-electron chi connectivity index (χ2n) is 8.73. The topological polar surface area (TPSA) is 281 Å². The zero-order chi connectivity index (χ0) is 34.6. The number of amides is 2. The molecule has 3 rings (SSSR count). The van der Waals surface area contributed by atoms with Crippen LogP contribution < -0.4 is 29.7 Å². The van der Waals surface area contributed by atoms with Crippen LogP contribution in [0.2, 0.25) is 0 Å². The third-order valence-corrected chi connectivity index (χ3v) is 8.26. The van der Waals surface area contributed by atoms with Crippen LogP contribution in [0.25, 0.3) is 5.65 Å². The maximum atomic E-state index is 13.0. The predicted octanol–water partition coefficient (Wildman–Crippen LogP) is -0.897. The van der Waals surface area contributed by atoms with Gasteiger partial charge in [-0.2, -0.15) is 18.4 Å². The van der Waals surface area contributed by atoms with Gasteiger partial charge in [0, 0.05) is 6.20 Å². The van der Waals surface area contributed by atoms with Gasteiger partial charge in [-0.1, -0.05) is 13.0 Å². The molecule has 0 aliphatic heterocycles. The van der Waals surface area contributed by atoms with Crippen molar-refractivity contribution >= 4 is 61.9 Å². The molecule has 0 saturated heterocycles. The number of hydrogen-bond donors (Lipinski definition) is 5. The van der Waals surface area contributed by atoms with E-state index in [1.807, 2.05) is 5.32 Å². The van der Waals surface area contributed by atoms with Gasteiger partial charge in [0.15, 0.2) is 19.9 Å². The normalized spacial score (nSPS) is 12.6. The number of carbonyl (C=O) groups is 2. The van der Waals surface area contributed by atoms with Crippen LogP contribution in [-0.2, 0) is 40.1 Å². The van der Waals surface area contributed by atoms with Gasteiger partial charge in [0.05, 0.1) is 57.6 Å². The number of imidazole rings is 1. The van der Waals surface area contributed by atoms with E-state index >= 15 is 0 Å². The molecule has 0 bridgehead atoms. The minimum Gasteiger partial charge on any atom is -0.778 e. The number of aromatic nitrogens is 4. The van der Waals surface area contributed by atoms with Gasteiger partial charge >= 0.3 is 12.0 Å². The van der Waals surface area contributed by atoms with Gasteiger partial charge in [-0.05, 0) is 23.0 Å². The van der Waals surface area contributed by atoms with E-state index < -0.39 is 62.3 Å². The van der Waals surface area contributed by atoms with Crippen LogP contribution in [0.1, 0.15) is 6.92 Å². The van der Waals surface area contributed by atoms with Crippen LogP contribution in [0.3, 0.4) is 0 Å². The van der Waals surface area contributed by atoms with E-state index in [9.17, 15) is 35.9 Å². The van der Waals surface area contributed by atoms with E-state index in [2.05, 4.69) is 39.0 Å². The van der Waals surface area contributed by atoms with E-state index in [0.717, 1.165) is 4.40 Å². The number of carboxylic acids is 1. The average Bonchev–Trinajstić information content (AvgIpc) is 3.33. The molecule has 0 fully saturated rings. The summed E-state index contributed by atoms with van der Waals surface area (Å²) in [5, 5.41) is 10.8. The Labute approximate surface area is 262 Å². The lowest BCUT2D eigenvalue weighted by Gasteiger charge is -2.14. The van der Waals surface area contributed by atoms with Crippen molar-refractivity contribution in [3.05, 3.63) is 30.5 Å². The van der Waals surface area contributed by atoms with Crippen molar-refractivity contribution in [2.75, 3.05) is 56.9 Å². The summed E-state index contributed by atoms with van der Waals surface area (Å²) >= 11 is 0. The molecule has 3 heterocycles. The van der Waals surface area contributed by atoms with Crippen LogP contribution in [0.5, 0.6) is 11.8 Å². The van der Waals surface area contributed by atoms with Crippen molar-refractivity contribution in [2.24, 2.45) is 0 Å². The lowest BCUT2D eigenvalue weighted by molar-refractivity contribution is -0.193. The fourth-order valence-electron chi connectivity index (χ4n) is 2.81. The van der Waals surface area contributed by atoms with E-state index in [1.165, 1.54) is 45.5 Å². The summed E-state index contributed by atoms with van der Waals surface area (Å²) in [6.45, 7) is 0.871. The Morgan fingerprint density at radius 3 is 2.09 bits per heavy atom. The highest BCUT2D eigenvalue weighted by molar-refractivity contribution is 7.94. The Kier molecular flexibility index (Phi) is 15.1. The number of carbonyl (C=O) groups excluding carboxylic acids is 1. The Balaban J connectivity index is 0.000000605. The second-order valence-corrected chi connectivity index (χ2v) is 16.6. The number of aliphatic carboxylic acids is 1. The highest BCUT2D eigenvalue weighted by atomic mass is 32.2. The quantitative estimate of drug-likeness (QED) is 0.119. The molecule has 3 aromatic rings. The molecule has 45 heavy (non-hydrogen) atoms. The number of nitrogens with one attached hydrogen (secondary N) is 3. The van der Waals surface area contributed by atoms with E-state index in [1.54, 1.807) is 10.8 Å². The molecule has 0 aromatic carbocycles. The summed E-state index contributed by atoms with van der Waals surface area (Å²) in [4.78, 5) is 51.8. The SMILES string of the molecule is CCS(=O)(=O)c1nc2ccccn2c1S(=O)(=O)NC(=O)Nc1nc(OC)cc(OC)n1.C[S+](C)C.O=C(O)CNCP(=O)([O-])O. The standard InChI is InChI=1S/C16H18N6O7S2.C3H8NO5P.C3H9S/c1-4-30(24,25)13-14(22-8-6-5-7-10(22)17-13)31(26,27)21-16(23)20-15-18-11(28-2)9-12(19-15)29-3;5-3(6)1-4-2-10(7,8)9;1-4(2)3/h5-9H,4H2,1-3H3,(H2,18,19,20,21,23);4H,1-2H2,(H,5,6)(H2,7,8,9);1-3H3/q;;+1/p-1. The summed E-state index contributed by atoms with van der Waals surface area (Å²) in [6, 6.07) is 4.60. The number of hydrogen-bond acceptors (Lipinski definition) is 14. The summed E-state index contributed by atoms with van der Waals surface area (Å²) in [7, 11) is -9.75. The van der Waals surface area contributed by atoms with E-state index in [0.29, 0.717) is 10.9 Å². The van der Waals surface area contributed by atoms with Gasteiger partial charge in [0.1, 0.15) is 13.2 Å². The number of carboxylic acid groups (broad SMARTS) is 1. The van der Waals surface area contributed by atoms with Gasteiger partial charge in [0.2, 0.25) is 17.7 Å². The molecule has 23 heteroatoms. The lowest BCUT2D eigenvalue weighted by Crippen LogP contribution is -2.36. The molecule has 3 aromatic heterocycles. The zero-order valence-electron chi connectivity index (χ0n) is 24.9. The average molecular weight is 716 g/mol. The first-order chi connectivity index (χ1) is 20.8. The van der Waals surface area contributed by atoms with Gasteiger partial charge in [-0.25, -0.2) is 22.9 Å². The molecular weight excluding hydrogens is 681 g/mol. The molecule has 0 aliphatic rings. The van der Waals surface area contributed by atoms with Gasteiger partial charge < -0.3 is 28.9 Å². The lowest BCUT2D eigenvalue weighted by atomic mass is 10.5. The number of fused-ring (bicyclic) bond motifs is 1. The molecule has 5 N–H and O–H groups in total. The number of rotatable bonds is 11. The predicted molar refractivity (Wildman–Crippen MR) is 163 cm³/mol. The van der Waals surface area contributed by atoms with Gasteiger partial charge in [-0.15, -0.1) is 0 Å². The first-order valence-corrected chi connectivity index (χ1v) is 19.6. The van der Waals surface area contributed by atoms with Crippen LogP contribution >= 0.6 is 7.60 Å². The molecule has 1 atom stereocenters. The summed E-state index contributed by atoms with van der Waals surface area (Å²) in [5.74, 6) is -1.74. The number of anilines is 1. The second kappa shape index (κ2) is 17.2. The zero-order valence-corrected chi connectivity index (χ0v) is 28.3. The third kappa shape index (κ3) is 13.6. The summed E-state index contributed by atoms with van der Waals surface area (Å²) < 4.78 is 73.4. The molecule has 252 valence electrons. The minimum absolute atomic E-state index is 0.0584. The summed E-state index contributed by atoms with van der Waals surface area (Å²) in [6.07, 6.45) is 7.19. The number of sulfone groups is 1. The monoisotopic (exact) mass is 715 g/mol. The number of ether oxygens (including phenoxy) is 2. The molecule has 0 aliphatic carbocycles. The Morgan fingerprint density at radius 1 is 1.07 bits per heavy atom. The molecule has 0 spiro atoms. The molecule has 19 nitrogen and oxygen atoms in total. The maximum absolute atomic E-state index is 13.0. The largest absolute Gasteiger partial charge is 0.778 e. The van der Waals surface area contributed by atoms with Crippen LogP contribution in [0, 0.1) is 0 Å². The minimum atomic E-state index is -4.68. The maximum Gasteiger partial charge on any atom is 0.335 e. The molecule has 1 unspecified atom stereocenters. The van der Waals surface area contributed by atoms with Crippen LogP contribution in [-0.4, -0.2) is 110 Å². The highest BCUT2D eigenvalue weighted by Crippen LogP contribution is 2.26. The van der Waals surface area contributed by atoms with Crippen molar-refractivity contribution in [3.63, 3.8) is 0 Å². The molecular formula is C22H34N7O12PS3. The van der Waals surface area contributed by atoms with Crippen molar-refractivity contribution < 1.29 is 55.4 Å². The number of urea groups is 1. The first kappa shape index (κ1) is 39.5. The van der Waals surface area contributed by atoms with Crippen LogP contribution in [0.4, 0.5) is 10.7 Å². The number of pyridine rings is 1. The van der Waals surface area contributed by atoms with Crippen LogP contribution in [0.15, 0.2) is 40.5 Å². The smallest absolute Gasteiger partial charge is 0.335 e. The van der Waals surface area contributed by atoms with Gasteiger partial charge in [-0.3, -0.25) is 19.8 Å². The Bertz CT molecular complexity index is 1700. The van der Waals surface area contributed by atoms with Crippen molar-refractivity contribution in [2.45, 2.75) is 17.0 Å². The number of methoxy groups -OCH3 is 2. The van der Waals surface area contributed by atoms with E-state index in [-0.39, 0.29) is 29.1 Å². The van der Waals surface area contributed by atoms with Crippen molar-refractivity contribution in [3.8, 4) is 11.8 Å². The van der Waals surface area contributed by atoms with Crippen molar-refractivity contribution in [1.82, 2.24) is 29.4 Å². The first-order valence-electron chi connectivity index (χ1n) is 12.2. The fraction of sp³-hybridized carbons (Fsp3) is 0.409. The number of sulfonamides is 1. The van der Waals surface area contributed by atoms with Crippen molar-refractivity contribution in [1.29, 1.82) is 0 Å². The molecule has 0 radical (unpaired) electrons. The summed E-state index contributed by atoms with van der Waals surface area (Å²) in [5.41, 5.74) is 0.0798. The Hall–Kier alpha value is -3.53. The number of nitrogens with zero attached hydrogens (tertiary/aromatic N) is 4. The highest BCUT2D eigenvalue weighted by Gasteiger charge is 2.33. The third-order valence-electron chi connectivity index (χ3n) is 4.52. The Morgan fingerprint density at radius 2 is 1.62 bits per heavy atom. The molecule has 0 saturated carbocycles. The molecule has 2 amide bonds. The fourth-order valence-corrected chi connectivity index (χ4v) is 5.86. The van der Waals surface area contributed by atoms with E-state index in [4.69, 9.17) is 19.5 Å². The van der Waals surface area contributed by atoms with Gasteiger partial charge in [0.25, 0.3) is 10.0 Å².